The lowest BCUT2D eigenvalue weighted by molar-refractivity contribution is 0.0728. The Morgan fingerprint density at radius 1 is 0.800 bits per heavy atom. The maximum absolute atomic E-state index is 13.2. The number of hydrogen-bond donors (Lipinski definition) is 0. The lowest BCUT2D eigenvalue weighted by atomic mass is 10.1. The molecule has 5 rings (SSSR count). The van der Waals surface area contributed by atoms with Gasteiger partial charge in [0.2, 0.25) is 0 Å². The highest BCUT2D eigenvalue weighted by molar-refractivity contribution is 6.04. The second-order valence-electron chi connectivity index (χ2n) is 6.57. The largest absolute Gasteiger partial charge is 0.340 e. The Morgan fingerprint density at radius 3 is 2.44 bits per heavy atom. The first-order valence-corrected chi connectivity index (χ1v) is 8.74. The third-order valence-electron chi connectivity index (χ3n) is 5.14. The summed E-state index contributed by atoms with van der Waals surface area (Å²) in [5.74, 6) is 0. The van der Waals surface area contributed by atoms with Crippen LogP contribution in [-0.2, 0) is 0 Å². The number of rotatable bonds is 2. The van der Waals surface area contributed by atoms with E-state index in [2.05, 4.69) is 41.4 Å². The Labute approximate surface area is 146 Å². The summed E-state index contributed by atoms with van der Waals surface area (Å²) in [6.07, 6.45) is 0.945. The van der Waals surface area contributed by atoms with Gasteiger partial charge in [0.25, 0.3) is 0 Å². The molecule has 2 fully saturated rings. The van der Waals surface area contributed by atoms with Crippen LogP contribution < -0.4 is 4.90 Å². The fourth-order valence-corrected chi connectivity index (χ4v) is 4.05. The monoisotopic (exact) mass is 329 g/mol. The van der Waals surface area contributed by atoms with Gasteiger partial charge in [-0.3, -0.25) is 9.91 Å². The molecule has 0 saturated carbocycles. The van der Waals surface area contributed by atoms with E-state index in [1.54, 1.807) is 0 Å². The van der Waals surface area contributed by atoms with Crippen molar-refractivity contribution in [1.29, 1.82) is 0 Å². The van der Waals surface area contributed by atoms with Crippen molar-refractivity contribution in [2.24, 2.45) is 0 Å². The molecule has 0 radical (unpaired) electrons. The highest BCUT2D eigenvalue weighted by atomic mass is 16.2. The Kier molecular flexibility index (Phi) is 3.25. The summed E-state index contributed by atoms with van der Waals surface area (Å²) in [4.78, 5) is 15.2. The highest BCUT2D eigenvalue weighted by Crippen LogP contribution is 2.42. The second-order valence-corrected chi connectivity index (χ2v) is 6.57. The number of urea groups is 1. The Morgan fingerprint density at radius 2 is 1.56 bits per heavy atom. The van der Waals surface area contributed by atoms with E-state index < -0.39 is 0 Å². The topological polar surface area (TPSA) is 26.8 Å². The Hall–Kier alpha value is -2.85. The van der Waals surface area contributed by atoms with Gasteiger partial charge in [-0.15, -0.1) is 0 Å². The summed E-state index contributed by atoms with van der Waals surface area (Å²) < 4.78 is 0. The maximum Gasteiger partial charge on any atom is 0.340 e. The third kappa shape index (κ3) is 2.14. The lowest BCUT2D eigenvalue weighted by Crippen LogP contribution is -2.32. The summed E-state index contributed by atoms with van der Waals surface area (Å²) in [7, 11) is 0. The number of carbonyl (C=O) groups excluding carboxylic acids is 1. The van der Waals surface area contributed by atoms with Crippen molar-refractivity contribution in [3.05, 3.63) is 78.4 Å². The zero-order valence-corrected chi connectivity index (χ0v) is 13.9. The zero-order valence-electron chi connectivity index (χ0n) is 13.9. The zero-order chi connectivity index (χ0) is 16.8. The molecule has 2 saturated heterocycles. The van der Waals surface area contributed by atoms with E-state index in [0.29, 0.717) is 0 Å². The first-order chi connectivity index (χ1) is 12.3. The van der Waals surface area contributed by atoms with E-state index >= 15 is 0 Å². The smallest absolute Gasteiger partial charge is 0.270 e. The van der Waals surface area contributed by atoms with Crippen molar-refractivity contribution < 1.29 is 4.79 Å². The standard InChI is InChI=1S/C21H19N3O/c25-21-23-15-7-14-22(23)20(17-9-2-1-3-10-17)24(21)19-13-6-11-16-8-4-5-12-18(16)19/h1-6,8-13,20H,7,14-15H2/t20-/m0/s1. The fraction of sp³-hybridized carbons (Fsp3) is 0.190. The van der Waals surface area contributed by atoms with Gasteiger partial charge in [-0.2, -0.15) is 5.01 Å². The van der Waals surface area contributed by atoms with Crippen LogP contribution in [0.2, 0.25) is 0 Å². The van der Waals surface area contributed by atoms with E-state index in [1.807, 2.05) is 46.3 Å². The van der Waals surface area contributed by atoms with Crippen LogP contribution in [-0.4, -0.2) is 29.1 Å². The molecule has 0 aliphatic carbocycles. The van der Waals surface area contributed by atoms with Crippen molar-refractivity contribution in [2.45, 2.75) is 12.6 Å². The Bertz CT molecular complexity index is 935. The van der Waals surface area contributed by atoms with Crippen molar-refractivity contribution in [2.75, 3.05) is 18.0 Å². The molecular formula is C21H19N3O. The Balaban J connectivity index is 1.71. The summed E-state index contributed by atoms with van der Waals surface area (Å²) in [5, 5.41) is 6.38. The van der Waals surface area contributed by atoms with Crippen LogP contribution in [0, 0.1) is 0 Å². The molecule has 3 aromatic carbocycles. The second kappa shape index (κ2) is 5.60. The first-order valence-electron chi connectivity index (χ1n) is 8.74. The van der Waals surface area contributed by atoms with E-state index in [-0.39, 0.29) is 12.2 Å². The highest BCUT2D eigenvalue weighted by Gasteiger charge is 2.47. The number of hydrazine groups is 1. The van der Waals surface area contributed by atoms with Gasteiger partial charge in [0.05, 0.1) is 5.69 Å². The number of benzene rings is 3. The summed E-state index contributed by atoms with van der Waals surface area (Å²) in [5.41, 5.74) is 2.12. The molecule has 0 aromatic heterocycles. The average Bonchev–Trinajstić information content (AvgIpc) is 3.24. The number of amides is 2. The fourth-order valence-electron chi connectivity index (χ4n) is 4.05. The van der Waals surface area contributed by atoms with E-state index in [1.165, 1.54) is 0 Å². The summed E-state index contributed by atoms with van der Waals surface area (Å²) in [6, 6.07) is 24.8. The van der Waals surface area contributed by atoms with Crippen molar-refractivity contribution >= 4 is 22.5 Å². The van der Waals surface area contributed by atoms with Gasteiger partial charge in [0.15, 0.2) is 0 Å². The molecule has 1 atom stereocenters. The lowest BCUT2D eigenvalue weighted by Gasteiger charge is -2.28. The molecule has 4 heteroatoms. The van der Waals surface area contributed by atoms with E-state index in [0.717, 1.165) is 41.5 Å². The molecule has 0 N–H and O–H groups in total. The minimum absolute atomic E-state index is 0.0720. The van der Waals surface area contributed by atoms with Crippen LogP contribution in [0.1, 0.15) is 18.2 Å². The molecule has 0 spiro atoms. The molecule has 2 aliphatic rings. The third-order valence-corrected chi connectivity index (χ3v) is 5.14. The molecule has 3 aromatic rings. The number of anilines is 1. The number of nitrogens with zero attached hydrogens (tertiary/aromatic N) is 3. The van der Waals surface area contributed by atoms with Gasteiger partial charge in [-0.1, -0.05) is 66.7 Å². The van der Waals surface area contributed by atoms with Crippen LogP contribution in [0.5, 0.6) is 0 Å². The van der Waals surface area contributed by atoms with Gasteiger partial charge in [-0.05, 0) is 23.4 Å². The van der Waals surface area contributed by atoms with Crippen LogP contribution in [0.25, 0.3) is 10.8 Å². The van der Waals surface area contributed by atoms with Crippen LogP contribution in [0.15, 0.2) is 72.8 Å². The molecule has 2 aliphatic heterocycles. The van der Waals surface area contributed by atoms with Crippen LogP contribution in [0.4, 0.5) is 10.5 Å². The first kappa shape index (κ1) is 14.5. The van der Waals surface area contributed by atoms with Crippen molar-refractivity contribution in [1.82, 2.24) is 10.0 Å². The van der Waals surface area contributed by atoms with Crippen molar-refractivity contribution in [3.63, 3.8) is 0 Å². The summed E-state index contributed by atoms with van der Waals surface area (Å²) in [6.45, 7) is 1.70. The minimum Gasteiger partial charge on any atom is -0.270 e. The predicted octanol–water partition coefficient (Wildman–Crippen LogP) is 4.40. The van der Waals surface area contributed by atoms with Gasteiger partial charge in [0.1, 0.15) is 6.17 Å². The van der Waals surface area contributed by atoms with Gasteiger partial charge >= 0.3 is 6.03 Å². The van der Waals surface area contributed by atoms with Crippen molar-refractivity contribution in [3.8, 4) is 0 Å². The number of carbonyl (C=O) groups is 1. The van der Waals surface area contributed by atoms with Gasteiger partial charge in [0, 0.05) is 18.5 Å². The number of fused-ring (bicyclic) bond motifs is 2. The molecule has 25 heavy (non-hydrogen) atoms. The normalized spacial score (nSPS) is 20.5. The molecule has 124 valence electrons. The minimum atomic E-state index is -0.0815. The maximum atomic E-state index is 13.2. The molecule has 0 unspecified atom stereocenters. The molecule has 2 amide bonds. The predicted molar refractivity (Wildman–Crippen MR) is 99.0 cm³/mol. The number of hydrogen-bond acceptors (Lipinski definition) is 2. The van der Waals surface area contributed by atoms with Crippen LogP contribution >= 0.6 is 0 Å². The molecule has 0 bridgehead atoms. The van der Waals surface area contributed by atoms with Gasteiger partial charge < -0.3 is 0 Å². The van der Waals surface area contributed by atoms with Crippen LogP contribution in [0.3, 0.4) is 0 Å². The van der Waals surface area contributed by atoms with Gasteiger partial charge in [-0.25, -0.2) is 4.79 Å². The quantitative estimate of drug-likeness (QED) is 0.696. The average molecular weight is 329 g/mol. The van der Waals surface area contributed by atoms with E-state index in [9.17, 15) is 4.79 Å². The molecule has 2 heterocycles. The molecular weight excluding hydrogens is 310 g/mol. The SMILES string of the molecule is O=C1N(c2cccc3ccccc23)[C@@H](c2ccccc2)N2CCCN12. The molecule has 4 nitrogen and oxygen atoms in total. The summed E-state index contributed by atoms with van der Waals surface area (Å²) >= 11 is 0. The van der Waals surface area contributed by atoms with E-state index in [4.69, 9.17) is 0 Å².